The second kappa shape index (κ2) is 4.84. The summed E-state index contributed by atoms with van der Waals surface area (Å²) in [5.74, 6) is -0.231. The number of nitrogens with zero attached hydrogens (tertiary/aromatic N) is 1. The highest BCUT2D eigenvalue weighted by atomic mass is 16.5. The van der Waals surface area contributed by atoms with E-state index in [0.29, 0.717) is 19.6 Å². The largest absolute Gasteiger partial charge is 0.464 e. The predicted octanol–water partition coefficient (Wildman–Crippen LogP) is 0.562. The lowest BCUT2D eigenvalue weighted by Crippen LogP contribution is -2.31. The number of hydrogen-bond donors (Lipinski definition) is 0. The van der Waals surface area contributed by atoms with Crippen LogP contribution in [0.2, 0.25) is 0 Å². The van der Waals surface area contributed by atoms with E-state index in [1.54, 1.807) is 4.90 Å². The predicted molar refractivity (Wildman–Crippen MR) is 47.1 cm³/mol. The Morgan fingerprint density at radius 3 is 2.92 bits per heavy atom. The molecule has 4 heteroatoms. The van der Waals surface area contributed by atoms with Crippen molar-refractivity contribution < 1.29 is 14.3 Å². The topological polar surface area (TPSA) is 46.6 Å². The number of esters is 1. The number of carbonyl (C=O) groups is 2. The van der Waals surface area contributed by atoms with Gasteiger partial charge in [-0.25, -0.2) is 0 Å². The molecule has 0 aromatic rings. The number of ether oxygens (including phenoxy) is 1. The van der Waals surface area contributed by atoms with Gasteiger partial charge in [0.25, 0.3) is 0 Å². The summed E-state index contributed by atoms with van der Waals surface area (Å²) in [6, 6.07) is 0. The third-order valence-corrected chi connectivity index (χ3v) is 1.96. The lowest BCUT2D eigenvalue weighted by Gasteiger charge is -2.13. The smallest absolute Gasteiger partial charge is 0.325 e. The number of rotatable bonds is 4. The summed E-state index contributed by atoms with van der Waals surface area (Å²) in [6.07, 6.45) is 2.25. The Hall–Kier alpha value is -1.06. The highest BCUT2D eigenvalue weighted by molar-refractivity contribution is 5.83. The molecule has 0 aromatic carbocycles. The molecule has 1 heterocycles. The Morgan fingerprint density at radius 2 is 2.38 bits per heavy atom. The van der Waals surface area contributed by atoms with Gasteiger partial charge in [-0.1, -0.05) is 6.92 Å². The summed E-state index contributed by atoms with van der Waals surface area (Å²) >= 11 is 0. The molecular formula is C9H15NO3. The Labute approximate surface area is 77.8 Å². The highest BCUT2D eigenvalue weighted by Gasteiger charge is 2.22. The van der Waals surface area contributed by atoms with E-state index in [9.17, 15) is 9.59 Å². The molecule has 1 fully saturated rings. The molecule has 0 N–H and O–H groups in total. The van der Waals surface area contributed by atoms with Gasteiger partial charge >= 0.3 is 5.97 Å². The lowest BCUT2D eigenvalue weighted by molar-refractivity contribution is -0.148. The van der Waals surface area contributed by atoms with Crippen LogP contribution in [0.5, 0.6) is 0 Å². The van der Waals surface area contributed by atoms with Crippen LogP contribution in [-0.2, 0) is 14.3 Å². The minimum absolute atomic E-state index is 0.0634. The molecule has 0 aromatic heterocycles. The summed E-state index contributed by atoms with van der Waals surface area (Å²) in [4.78, 5) is 23.7. The van der Waals surface area contributed by atoms with Gasteiger partial charge in [0.2, 0.25) is 5.91 Å². The van der Waals surface area contributed by atoms with E-state index in [4.69, 9.17) is 4.74 Å². The van der Waals surface area contributed by atoms with Crippen LogP contribution in [0.3, 0.4) is 0 Å². The van der Waals surface area contributed by atoms with Crippen LogP contribution in [0.1, 0.15) is 26.2 Å². The number of hydrogen-bond acceptors (Lipinski definition) is 3. The van der Waals surface area contributed by atoms with Gasteiger partial charge in [-0.15, -0.1) is 0 Å². The SMILES string of the molecule is CCCOC(=O)CN1CCCC1=O. The Morgan fingerprint density at radius 1 is 1.62 bits per heavy atom. The van der Waals surface area contributed by atoms with Gasteiger partial charge in [0.05, 0.1) is 6.61 Å². The first-order valence-corrected chi connectivity index (χ1v) is 4.67. The Balaban J connectivity index is 2.23. The average molecular weight is 185 g/mol. The van der Waals surface area contributed by atoms with Crippen molar-refractivity contribution >= 4 is 11.9 Å². The van der Waals surface area contributed by atoms with Crippen LogP contribution in [0.25, 0.3) is 0 Å². The fraction of sp³-hybridized carbons (Fsp3) is 0.778. The van der Waals surface area contributed by atoms with Crippen LogP contribution in [0, 0.1) is 0 Å². The minimum atomic E-state index is -0.294. The van der Waals surface area contributed by atoms with Crippen LogP contribution in [0.15, 0.2) is 0 Å². The van der Waals surface area contributed by atoms with Gasteiger partial charge in [-0.05, 0) is 12.8 Å². The molecule has 0 bridgehead atoms. The zero-order valence-electron chi connectivity index (χ0n) is 7.91. The summed E-state index contributed by atoms with van der Waals surface area (Å²) in [6.45, 7) is 3.20. The summed E-state index contributed by atoms with van der Waals surface area (Å²) in [5.41, 5.74) is 0. The fourth-order valence-electron chi connectivity index (χ4n) is 1.29. The van der Waals surface area contributed by atoms with E-state index < -0.39 is 0 Å². The van der Waals surface area contributed by atoms with Gasteiger partial charge < -0.3 is 9.64 Å². The quantitative estimate of drug-likeness (QED) is 0.601. The van der Waals surface area contributed by atoms with Crippen molar-refractivity contribution in [2.24, 2.45) is 0 Å². The normalized spacial score (nSPS) is 16.4. The third-order valence-electron chi connectivity index (χ3n) is 1.96. The van der Waals surface area contributed by atoms with Gasteiger partial charge in [0.1, 0.15) is 6.54 Å². The van der Waals surface area contributed by atoms with Crippen molar-refractivity contribution in [1.29, 1.82) is 0 Å². The molecule has 0 spiro atoms. The number of likely N-dealkylation sites (tertiary alicyclic amines) is 1. The van der Waals surface area contributed by atoms with E-state index in [-0.39, 0.29) is 18.4 Å². The third kappa shape index (κ3) is 3.05. The molecule has 0 unspecified atom stereocenters. The summed E-state index contributed by atoms with van der Waals surface area (Å²) in [5, 5.41) is 0. The Kier molecular flexibility index (Phi) is 3.73. The molecule has 1 aliphatic rings. The second-order valence-electron chi connectivity index (χ2n) is 3.14. The first kappa shape index (κ1) is 10.0. The highest BCUT2D eigenvalue weighted by Crippen LogP contribution is 2.08. The summed E-state index contributed by atoms with van der Waals surface area (Å²) in [7, 11) is 0. The first-order chi connectivity index (χ1) is 6.24. The van der Waals surface area contributed by atoms with Crippen molar-refractivity contribution in [1.82, 2.24) is 4.90 Å². The maximum atomic E-state index is 11.1. The maximum absolute atomic E-state index is 11.1. The molecule has 1 amide bonds. The number of carbonyl (C=O) groups excluding carboxylic acids is 2. The van der Waals surface area contributed by atoms with E-state index in [0.717, 1.165) is 12.8 Å². The standard InChI is InChI=1S/C9H15NO3/c1-2-6-13-9(12)7-10-5-3-4-8(10)11/h2-7H2,1H3. The van der Waals surface area contributed by atoms with Crippen molar-refractivity contribution in [3.63, 3.8) is 0 Å². The summed E-state index contributed by atoms with van der Waals surface area (Å²) < 4.78 is 4.87. The molecule has 74 valence electrons. The van der Waals surface area contributed by atoms with Crippen LogP contribution < -0.4 is 0 Å². The number of amides is 1. The van der Waals surface area contributed by atoms with Crippen LogP contribution in [-0.4, -0.2) is 36.5 Å². The molecule has 1 rings (SSSR count). The van der Waals surface area contributed by atoms with Gasteiger partial charge in [0.15, 0.2) is 0 Å². The average Bonchev–Trinajstić information content (AvgIpc) is 2.48. The molecule has 4 nitrogen and oxygen atoms in total. The van der Waals surface area contributed by atoms with E-state index >= 15 is 0 Å². The zero-order valence-corrected chi connectivity index (χ0v) is 7.91. The maximum Gasteiger partial charge on any atom is 0.325 e. The van der Waals surface area contributed by atoms with Gasteiger partial charge in [0, 0.05) is 13.0 Å². The van der Waals surface area contributed by atoms with Gasteiger partial charge in [-0.2, -0.15) is 0 Å². The van der Waals surface area contributed by atoms with Crippen LogP contribution in [0.4, 0.5) is 0 Å². The minimum Gasteiger partial charge on any atom is -0.464 e. The second-order valence-corrected chi connectivity index (χ2v) is 3.14. The van der Waals surface area contributed by atoms with Crippen molar-refractivity contribution in [2.45, 2.75) is 26.2 Å². The van der Waals surface area contributed by atoms with E-state index in [1.807, 2.05) is 6.92 Å². The van der Waals surface area contributed by atoms with Crippen molar-refractivity contribution in [3.8, 4) is 0 Å². The van der Waals surface area contributed by atoms with Crippen LogP contribution >= 0.6 is 0 Å². The zero-order chi connectivity index (χ0) is 9.68. The lowest BCUT2D eigenvalue weighted by atomic mass is 10.4. The van der Waals surface area contributed by atoms with Gasteiger partial charge in [-0.3, -0.25) is 9.59 Å². The van der Waals surface area contributed by atoms with E-state index in [1.165, 1.54) is 0 Å². The molecule has 0 atom stereocenters. The molecule has 1 aliphatic heterocycles. The van der Waals surface area contributed by atoms with E-state index in [2.05, 4.69) is 0 Å². The molecular weight excluding hydrogens is 170 g/mol. The molecule has 0 saturated carbocycles. The molecule has 1 saturated heterocycles. The monoisotopic (exact) mass is 185 g/mol. The Bertz CT molecular complexity index is 203. The molecule has 0 radical (unpaired) electrons. The first-order valence-electron chi connectivity index (χ1n) is 4.67. The fourth-order valence-corrected chi connectivity index (χ4v) is 1.29. The van der Waals surface area contributed by atoms with Crippen molar-refractivity contribution in [2.75, 3.05) is 19.7 Å². The van der Waals surface area contributed by atoms with Crippen molar-refractivity contribution in [3.05, 3.63) is 0 Å². The molecule has 0 aliphatic carbocycles. The molecule has 13 heavy (non-hydrogen) atoms.